The van der Waals surface area contributed by atoms with Gasteiger partial charge in [0.05, 0.1) is 18.2 Å². The van der Waals surface area contributed by atoms with E-state index in [4.69, 9.17) is 0 Å². The number of esters is 1. The summed E-state index contributed by atoms with van der Waals surface area (Å²) in [5, 5.41) is 14.9. The van der Waals surface area contributed by atoms with Gasteiger partial charge in [0.1, 0.15) is 0 Å². The number of hydrogen-bond donors (Lipinski definition) is 0. The third-order valence-corrected chi connectivity index (χ3v) is 2.34. The van der Waals surface area contributed by atoms with Crippen LogP contribution in [-0.2, 0) is 16.5 Å². The molecule has 1 heterocycles. The van der Waals surface area contributed by atoms with Gasteiger partial charge in [0.2, 0.25) is 0 Å². The molecule has 1 aromatic heterocycles. The Morgan fingerprint density at radius 2 is 1.80 bits per heavy atom. The zero-order chi connectivity index (χ0) is 15.9. The Hall–Kier alpha value is -2.06. The summed E-state index contributed by atoms with van der Waals surface area (Å²) in [5.74, 6) is -3.14. The van der Waals surface area contributed by atoms with Gasteiger partial charge in [-0.2, -0.15) is 18.3 Å². The minimum absolute atomic E-state index is 0.407. The average Bonchev–Trinajstić information content (AvgIpc) is 2.28. The van der Waals surface area contributed by atoms with Gasteiger partial charge in [-0.3, -0.25) is 4.79 Å². The van der Waals surface area contributed by atoms with Crippen LogP contribution in [0.1, 0.15) is 36.8 Å². The summed E-state index contributed by atoms with van der Waals surface area (Å²) in [5.41, 5.74) is -5.59. The fourth-order valence-electron chi connectivity index (χ4n) is 1.45. The summed E-state index contributed by atoms with van der Waals surface area (Å²) in [6.45, 7) is 4.20. The summed E-state index contributed by atoms with van der Waals surface area (Å²) in [4.78, 5) is 23.1. The predicted molar refractivity (Wildman–Crippen MR) is 59.3 cm³/mol. The van der Waals surface area contributed by atoms with Gasteiger partial charge in [0, 0.05) is 0 Å². The van der Waals surface area contributed by atoms with Crippen molar-refractivity contribution < 1.29 is 27.8 Å². The standard InChI is InChI=1S/C11H13F3N2O4/c1-10(2,3)16-8(18)6(17)5(9(19)20-4)7(15-16)11(12,13)14/h17H,1-4H3/p-1. The molecular formula is C11H12F3N2O4-. The van der Waals surface area contributed by atoms with Crippen molar-refractivity contribution in [3.8, 4) is 5.75 Å². The van der Waals surface area contributed by atoms with Crippen LogP contribution in [0.5, 0.6) is 5.75 Å². The molecule has 0 fully saturated rings. The molecule has 0 spiro atoms. The zero-order valence-corrected chi connectivity index (χ0v) is 11.2. The van der Waals surface area contributed by atoms with E-state index in [1.54, 1.807) is 0 Å². The molecule has 0 saturated heterocycles. The largest absolute Gasteiger partial charge is 0.868 e. The number of hydrogen-bond acceptors (Lipinski definition) is 5. The smallest absolute Gasteiger partial charge is 0.435 e. The van der Waals surface area contributed by atoms with Crippen LogP contribution in [0.4, 0.5) is 13.2 Å². The SMILES string of the molecule is COC(=O)c1c(C(F)(F)F)nn(C(C)(C)C)c(=O)c1[O-]. The normalized spacial score (nSPS) is 12.3. The fraction of sp³-hybridized carbons (Fsp3) is 0.545. The molecule has 112 valence electrons. The molecule has 0 amide bonds. The van der Waals surface area contributed by atoms with Crippen LogP contribution >= 0.6 is 0 Å². The second-order valence-corrected chi connectivity index (χ2v) is 4.93. The number of methoxy groups -OCH3 is 1. The molecule has 0 saturated carbocycles. The summed E-state index contributed by atoms with van der Waals surface area (Å²) in [7, 11) is 0.803. The van der Waals surface area contributed by atoms with E-state index in [1.165, 1.54) is 20.8 Å². The highest BCUT2D eigenvalue weighted by Crippen LogP contribution is 2.32. The van der Waals surface area contributed by atoms with Crippen LogP contribution in [0.25, 0.3) is 0 Å². The fourth-order valence-corrected chi connectivity index (χ4v) is 1.45. The van der Waals surface area contributed by atoms with E-state index >= 15 is 0 Å². The molecule has 0 aliphatic rings. The van der Waals surface area contributed by atoms with Crippen molar-refractivity contribution in [2.24, 2.45) is 0 Å². The van der Waals surface area contributed by atoms with E-state index in [9.17, 15) is 27.9 Å². The number of carbonyl (C=O) groups excluding carboxylic acids is 1. The molecule has 0 atom stereocenters. The second kappa shape index (κ2) is 4.80. The third-order valence-electron chi connectivity index (χ3n) is 2.34. The molecule has 0 aromatic carbocycles. The van der Waals surface area contributed by atoms with Crippen LogP contribution < -0.4 is 10.7 Å². The molecule has 0 N–H and O–H groups in total. The van der Waals surface area contributed by atoms with E-state index in [1.807, 2.05) is 0 Å². The molecule has 0 aliphatic heterocycles. The average molecular weight is 293 g/mol. The maximum Gasteiger partial charge on any atom is 0.435 e. The zero-order valence-electron chi connectivity index (χ0n) is 11.2. The molecule has 0 unspecified atom stereocenters. The van der Waals surface area contributed by atoms with Crippen LogP contribution in [0.15, 0.2) is 4.79 Å². The number of carbonyl (C=O) groups is 1. The Morgan fingerprint density at radius 3 is 2.15 bits per heavy atom. The summed E-state index contributed by atoms with van der Waals surface area (Å²) >= 11 is 0. The molecular weight excluding hydrogens is 281 g/mol. The maximum absolute atomic E-state index is 12.9. The lowest BCUT2D eigenvalue weighted by atomic mass is 10.1. The molecule has 20 heavy (non-hydrogen) atoms. The van der Waals surface area contributed by atoms with Crippen molar-refractivity contribution in [1.82, 2.24) is 9.78 Å². The van der Waals surface area contributed by atoms with Crippen molar-refractivity contribution in [1.29, 1.82) is 0 Å². The summed E-state index contributed by atoms with van der Waals surface area (Å²) < 4.78 is 43.2. The van der Waals surface area contributed by atoms with E-state index in [0.29, 0.717) is 4.68 Å². The van der Waals surface area contributed by atoms with Crippen molar-refractivity contribution >= 4 is 5.97 Å². The van der Waals surface area contributed by atoms with Crippen LogP contribution in [0, 0.1) is 0 Å². The Kier molecular flexibility index (Phi) is 3.84. The Balaban J connectivity index is 3.84. The molecule has 6 nitrogen and oxygen atoms in total. The first-order valence-electron chi connectivity index (χ1n) is 5.41. The quantitative estimate of drug-likeness (QED) is 0.717. The van der Waals surface area contributed by atoms with E-state index in [2.05, 4.69) is 9.84 Å². The lowest BCUT2D eigenvalue weighted by Gasteiger charge is -2.25. The van der Waals surface area contributed by atoms with E-state index in [-0.39, 0.29) is 0 Å². The van der Waals surface area contributed by atoms with Gasteiger partial charge in [-0.1, -0.05) is 0 Å². The summed E-state index contributed by atoms with van der Waals surface area (Å²) in [6, 6.07) is 0. The molecule has 0 aliphatic carbocycles. The minimum Gasteiger partial charge on any atom is -0.868 e. The lowest BCUT2D eigenvalue weighted by molar-refractivity contribution is -0.272. The van der Waals surface area contributed by atoms with E-state index < -0.39 is 40.3 Å². The molecule has 1 rings (SSSR count). The first-order chi connectivity index (χ1) is 8.91. The van der Waals surface area contributed by atoms with Gasteiger partial charge in [-0.25, -0.2) is 9.48 Å². The predicted octanol–water partition coefficient (Wildman–Crippen LogP) is 0.877. The summed E-state index contributed by atoms with van der Waals surface area (Å²) in [6.07, 6.45) is -5.07. The highest BCUT2D eigenvalue weighted by atomic mass is 19.4. The van der Waals surface area contributed by atoms with Gasteiger partial charge in [-0.15, -0.1) is 0 Å². The number of ether oxygens (including phenoxy) is 1. The highest BCUT2D eigenvalue weighted by Gasteiger charge is 2.40. The molecule has 0 bridgehead atoms. The first kappa shape index (κ1) is 16.0. The van der Waals surface area contributed by atoms with Gasteiger partial charge < -0.3 is 9.84 Å². The number of alkyl halides is 3. The number of rotatable bonds is 1. The number of aromatic nitrogens is 2. The first-order valence-corrected chi connectivity index (χ1v) is 5.41. The molecule has 9 heteroatoms. The van der Waals surface area contributed by atoms with Crippen molar-refractivity contribution in [3.05, 3.63) is 21.6 Å². The van der Waals surface area contributed by atoms with Gasteiger partial charge >= 0.3 is 12.1 Å². The van der Waals surface area contributed by atoms with Crippen molar-refractivity contribution in [3.63, 3.8) is 0 Å². The van der Waals surface area contributed by atoms with Crippen molar-refractivity contribution in [2.45, 2.75) is 32.5 Å². The Morgan fingerprint density at radius 1 is 1.30 bits per heavy atom. The maximum atomic E-state index is 12.9. The van der Waals surface area contributed by atoms with Crippen molar-refractivity contribution in [2.75, 3.05) is 7.11 Å². The molecule has 0 radical (unpaired) electrons. The van der Waals surface area contributed by atoms with E-state index in [0.717, 1.165) is 7.11 Å². The topological polar surface area (TPSA) is 84.2 Å². The van der Waals surface area contributed by atoms with Gasteiger partial charge in [0.25, 0.3) is 5.56 Å². The van der Waals surface area contributed by atoms with Crippen LogP contribution in [-0.4, -0.2) is 22.9 Å². The minimum atomic E-state index is -5.07. The molecule has 1 aromatic rings. The van der Waals surface area contributed by atoms with Crippen LogP contribution in [0.3, 0.4) is 0 Å². The van der Waals surface area contributed by atoms with Gasteiger partial charge in [-0.05, 0) is 26.5 Å². The van der Waals surface area contributed by atoms with Gasteiger partial charge in [0.15, 0.2) is 5.69 Å². The number of nitrogens with zero attached hydrogens (tertiary/aromatic N) is 2. The monoisotopic (exact) mass is 293 g/mol. The Labute approximate surface area is 111 Å². The van der Waals surface area contributed by atoms with Crippen LogP contribution in [0.2, 0.25) is 0 Å². The second-order valence-electron chi connectivity index (χ2n) is 4.93. The lowest BCUT2D eigenvalue weighted by Crippen LogP contribution is -2.40. The Bertz CT molecular complexity index is 599. The third kappa shape index (κ3) is 2.75. The highest BCUT2D eigenvalue weighted by molar-refractivity contribution is 5.93. The number of halogens is 3.